The number of methoxy groups -OCH3 is 1. The van der Waals surface area contributed by atoms with E-state index in [1.165, 1.54) is 0 Å². The number of nitrogens with two attached hydrogens (primary N) is 1. The summed E-state index contributed by atoms with van der Waals surface area (Å²) >= 11 is 1.15. The fourth-order valence-corrected chi connectivity index (χ4v) is 2.95. The number of carbonyl (C=O) groups is 1. The average Bonchev–Trinajstić information content (AvgIpc) is 2.97. The molecule has 1 heterocycles. The van der Waals surface area contributed by atoms with Gasteiger partial charge in [0.05, 0.1) is 12.0 Å². The van der Waals surface area contributed by atoms with Crippen LogP contribution in [0.5, 0.6) is 17.2 Å². The summed E-state index contributed by atoms with van der Waals surface area (Å²) in [5, 5.41) is 0.257. The highest BCUT2D eigenvalue weighted by Gasteiger charge is 2.20. The Bertz CT molecular complexity index is 847. The molecule has 6 nitrogen and oxygen atoms in total. The van der Waals surface area contributed by atoms with Gasteiger partial charge in [-0.15, -0.1) is 0 Å². The van der Waals surface area contributed by atoms with Crippen LogP contribution in [0.2, 0.25) is 0 Å². The van der Waals surface area contributed by atoms with Crippen LogP contribution in [0.3, 0.4) is 0 Å². The molecule has 1 aliphatic heterocycles. The van der Waals surface area contributed by atoms with Gasteiger partial charge >= 0.3 is 0 Å². The SMILES string of the molecule is COc1ccc(OCCOc2ccccc2/C=C2/SC(N)=NC2=O)cc1. The maximum absolute atomic E-state index is 11.7. The van der Waals surface area contributed by atoms with E-state index >= 15 is 0 Å². The summed E-state index contributed by atoms with van der Waals surface area (Å²) in [6.07, 6.45) is 1.73. The lowest BCUT2D eigenvalue weighted by atomic mass is 10.2. The predicted octanol–water partition coefficient (Wildman–Crippen LogP) is 3.08. The minimum atomic E-state index is -0.329. The van der Waals surface area contributed by atoms with Gasteiger partial charge in [-0.25, -0.2) is 0 Å². The lowest BCUT2D eigenvalue weighted by Crippen LogP contribution is -2.09. The topological polar surface area (TPSA) is 83.1 Å². The second-order valence-corrected chi connectivity index (χ2v) is 6.34. The molecule has 1 aliphatic rings. The lowest BCUT2D eigenvalue weighted by Gasteiger charge is -2.11. The number of thioether (sulfide) groups is 1. The van der Waals surface area contributed by atoms with Crippen LogP contribution in [0.25, 0.3) is 6.08 Å². The molecule has 0 fully saturated rings. The van der Waals surface area contributed by atoms with E-state index in [2.05, 4.69) is 4.99 Å². The number of hydrogen-bond acceptors (Lipinski definition) is 6. The molecular weight excluding hydrogens is 352 g/mol. The molecule has 0 atom stereocenters. The molecule has 0 aliphatic carbocycles. The molecule has 0 bridgehead atoms. The zero-order chi connectivity index (χ0) is 18.4. The van der Waals surface area contributed by atoms with Crippen molar-refractivity contribution in [3.63, 3.8) is 0 Å². The minimum absolute atomic E-state index is 0.257. The highest BCUT2D eigenvalue weighted by Crippen LogP contribution is 2.29. The summed E-state index contributed by atoms with van der Waals surface area (Å²) < 4.78 is 16.5. The molecule has 26 heavy (non-hydrogen) atoms. The zero-order valence-corrected chi connectivity index (χ0v) is 15.0. The third-order valence-electron chi connectivity index (χ3n) is 3.51. The van der Waals surface area contributed by atoms with E-state index in [0.29, 0.717) is 23.9 Å². The van der Waals surface area contributed by atoms with Gasteiger partial charge in [0.1, 0.15) is 30.5 Å². The first-order valence-corrected chi connectivity index (χ1v) is 8.74. The second kappa shape index (κ2) is 8.44. The summed E-state index contributed by atoms with van der Waals surface area (Å²) in [6.45, 7) is 0.757. The highest BCUT2D eigenvalue weighted by molar-refractivity contribution is 8.18. The molecule has 0 aromatic heterocycles. The van der Waals surface area contributed by atoms with E-state index in [9.17, 15) is 4.79 Å². The van der Waals surface area contributed by atoms with Crippen molar-refractivity contribution in [1.82, 2.24) is 0 Å². The molecule has 3 rings (SSSR count). The van der Waals surface area contributed by atoms with Gasteiger partial charge in [-0.1, -0.05) is 18.2 Å². The van der Waals surface area contributed by atoms with E-state index in [4.69, 9.17) is 19.9 Å². The van der Waals surface area contributed by atoms with Crippen LogP contribution in [0, 0.1) is 0 Å². The van der Waals surface area contributed by atoms with Gasteiger partial charge in [0, 0.05) is 5.56 Å². The van der Waals surface area contributed by atoms with Crippen molar-refractivity contribution in [2.24, 2.45) is 10.7 Å². The maximum Gasteiger partial charge on any atom is 0.286 e. The summed E-state index contributed by atoms with van der Waals surface area (Å²) in [5.41, 5.74) is 6.36. The van der Waals surface area contributed by atoms with Gasteiger partial charge in [0.25, 0.3) is 5.91 Å². The number of amidine groups is 1. The molecule has 0 unspecified atom stereocenters. The molecule has 2 N–H and O–H groups in total. The first-order valence-electron chi connectivity index (χ1n) is 7.92. The number of amides is 1. The molecule has 1 amide bonds. The highest BCUT2D eigenvalue weighted by atomic mass is 32.2. The van der Waals surface area contributed by atoms with Crippen molar-refractivity contribution in [2.45, 2.75) is 0 Å². The number of rotatable bonds is 7. The number of hydrogen-bond donors (Lipinski definition) is 1. The van der Waals surface area contributed by atoms with Crippen LogP contribution in [-0.2, 0) is 4.79 Å². The third-order valence-corrected chi connectivity index (χ3v) is 4.32. The normalized spacial score (nSPS) is 15.0. The van der Waals surface area contributed by atoms with Crippen LogP contribution in [0.15, 0.2) is 58.4 Å². The van der Waals surface area contributed by atoms with Crippen molar-refractivity contribution in [3.05, 3.63) is 59.0 Å². The summed E-state index contributed by atoms with van der Waals surface area (Å²) in [5.74, 6) is 1.85. The van der Waals surface area contributed by atoms with Crippen LogP contribution >= 0.6 is 11.8 Å². The number of para-hydroxylation sites is 1. The number of nitrogens with zero attached hydrogens (tertiary/aromatic N) is 1. The van der Waals surface area contributed by atoms with Crippen LogP contribution in [0.4, 0.5) is 0 Å². The molecule has 0 saturated heterocycles. The predicted molar refractivity (Wildman–Crippen MR) is 103 cm³/mol. The van der Waals surface area contributed by atoms with Gasteiger partial charge in [0.15, 0.2) is 5.17 Å². The molecule has 7 heteroatoms. The number of benzene rings is 2. The van der Waals surface area contributed by atoms with Crippen molar-refractivity contribution in [3.8, 4) is 17.2 Å². The van der Waals surface area contributed by atoms with Crippen LogP contribution in [-0.4, -0.2) is 31.4 Å². The Labute approximate surface area is 155 Å². The molecule has 0 spiro atoms. The fraction of sp³-hybridized carbons (Fsp3) is 0.158. The standard InChI is InChI=1S/C19H18N2O4S/c1-23-14-6-8-15(9-7-14)24-10-11-25-16-5-3-2-4-13(16)12-17-18(22)21-19(20)26-17/h2-9,12H,10-11H2,1H3,(H2,20,21,22)/b17-12+. The Morgan fingerprint density at radius 1 is 1.04 bits per heavy atom. The van der Waals surface area contributed by atoms with Crippen molar-refractivity contribution in [1.29, 1.82) is 0 Å². The van der Waals surface area contributed by atoms with E-state index < -0.39 is 0 Å². The van der Waals surface area contributed by atoms with Gasteiger partial charge in [0.2, 0.25) is 0 Å². The fourth-order valence-electron chi connectivity index (χ4n) is 2.28. The van der Waals surface area contributed by atoms with Gasteiger partial charge in [-0.3, -0.25) is 4.79 Å². The van der Waals surface area contributed by atoms with E-state index in [-0.39, 0.29) is 11.1 Å². The van der Waals surface area contributed by atoms with Crippen molar-refractivity contribution >= 4 is 28.9 Å². The third kappa shape index (κ3) is 4.58. The smallest absolute Gasteiger partial charge is 0.286 e. The number of aliphatic imine (C=N–C) groups is 1. The number of ether oxygens (including phenoxy) is 3. The Hall–Kier alpha value is -2.93. The Morgan fingerprint density at radius 2 is 1.73 bits per heavy atom. The Morgan fingerprint density at radius 3 is 2.42 bits per heavy atom. The molecule has 0 radical (unpaired) electrons. The quantitative estimate of drug-likeness (QED) is 0.596. The summed E-state index contributed by atoms with van der Waals surface area (Å²) in [4.78, 5) is 15.9. The van der Waals surface area contributed by atoms with Crippen molar-refractivity contribution < 1.29 is 19.0 Å². The largest absolute Gasteiger partial charge is 0.497 e. The van der Waals surface area contributed by atoms with Gasteiger partial charge in [-0.2, -0.15) is 4.99 Å². The molecule has 2 aromatic rings. The van der Waals surface area contributed by atoms with Crippen LogP contribution < -0.4 is 19.9 Å². The molecular formula is C19H18N2O4S. The summed E-state index contributed by atoms with van der Waals surface area (Å²) in [6, 6.07) is 14.8. The van der Waals surface area contributed by atoms with Crippen molar-refractivity contribution in [2.75, 3.05) is 20.3 Å². The minimum Gasteiger partial charge on any atom is -0.497 e. The maximum atomic E-state index is 11.7. The first kappa shape index (κ1) is 17.9. The van der Waals surface area contributed by atoms with E-state index in [1.54, 1.807) is 13.2 Å². The molecule has 0 saturated carbocycles. The Kier molecular flexibility index (Phi) is 5.80. The average molecular weight is 370 g/mol. The second-order valence-electron chi connectivity index (χ2n) is 5.28. The Balaban J connectivity index is 1.57. The zero-order valence-electron chi connectivity index (χ0n) is 14.2. The molecule has 134 valence electrons. The van der Waals surface area contributed by atoms with Crippen LogP contribution in [0.1, 0.15) is 5.56 Å². The lowest BCUT2D eigenvalue weighted by molar-refractivity contribution is -0.113. The van der Waals surface area contributed by atoms with E-state index in [0.717, 1.165) is 28.8 Å². The van der Waals surface area contributed by atoms with Gasteiger partial charge in [-0.05, 0) is 48.2 Å². The number of carbonyl (C=O) groups excluding carboxylic acids is 1. The molecule has 2 aromatic carbocycles. The first-order chi connectivity index (χ1) is 12.7. The monoisotopic (exact) mass is 370 g/mol. The van der Waals surface area contributed by atoms with E-state index in [1.807, 2.05) is 48.5 Å². The summed E-state index contributed by atoms with van der Waals surface area (Å²) in [7, 11) is 1.62. The van der Waals surface area contributed by atoms with Gasteiger partial charge < -0.3 is 19.9 Å².